The quantitative estimate of drug-likeness (QED) is 0.249. The number of aryl methyl sites for hydroxylation is 1. The van der Waals surface area contributed by atoms with Crippen molar-refractivity contribution in [3.8, 4) is 0 Å². The summed E-state index contributed by atoms with van der Waals surface area (Å²) in [5.41, 5.74) is 2.63. The molecule has 1 amide bonds. The fourth-order valence-corrected chi connectivity index (χ4v) is 4.52. The molecule has 5 nitrogen and oxygen atoms in total. The van der Waals surface area contributed by atoms with Crippen molar-refractivity contribution in [2.24, 2.45) is 0 Å². The fraction of sp³-hybridized carbons (Fsp3) is 0.448. The van der Waals surface area contributed by atoms with E-state index in [4.69, 9.17) is 0 Å². The molecule has 0 radical (unpaired) electrons. The molecule has 1 aliphatic heterocycles. The van der Waals surface area contributed by atoms with Gasteiger partial charge in [0.25, 0.3) is 11.7 Å². The minimum Gasteiger partial charge on any atom is -0.507 e. The number of hydrogen-bond acceptors (Lipinski definition) is 4. The number of likely N-dealkylation sites (tertiary alicyclic amines) is 1. The van der Waals surface area contributed by atoms with Crippen molar-refractivity contribution in [1.29, 1.82) is 0 Å². The van der Waals surface area contributed by atoms with E-state index in [9.17, 15) is 14.7 Å². The predicted molar refractivity (Wildman–Crippen MR) is 138 cm³/mol. The Hall–Kier alpha value is -2.92. The molecule has 2 aromatic carbocycles. The first-order valence-corrected chi connectivity index (χ1v) is 12.6. The molecule has 1 atom stereocenters. The van der Waals surface area contributed by atoms with Gasteiger partial charge in [0, 0.05) is 12.1 Å². The molecule has 1 saturated heterocycles. The summed E-state index contributed by atoms with van der Waals surface area (Å²) in [6.07, 6.45) is 5.42. The summed E-state index contributed by atoms with van der Waals surface area (Å²) >= 11 is 0. The standard InChI is InChI=1S/C29H38N2O3/c1-4-6-18-30(19-7-5-2)20-11-21-31-26(23-12-9-8-10-13-23)25(28(33)29(31)34)27(32)24-16-14-22(3)15-17-24/h8-10,12-17,26,32H,4-7,11,18-21H2,1-3H3/b27-25-. The maximum atomic E-state index is 13.1. The normalized spacial score (nSPS) is 17.6. The molecule has 1 heterocycles. The second-order valence-corrected chi connectivity index (χ2v) is 9.17. The highest BCUT2D eigenvalue weighted by molar-refractivity contribution is 6.46. The Balaban J connectivity index is 1.87. The number of carbonyl (C=O) groups is 2. The molecule has 0 aromatic heterocycles. The smallest absolute Gasteiger partial charge is 0.295 e. The number of Topliss-reactive ketones (excluding diaryl/α,β-unsaturated/α-hetero) is 1. The van der Waals surface area contributed by atoms with Crippen LogP contribution in [-0.4, -0.2) is 52.8 Å². The first-order chi connectivity index (χ1) is 16.5. The van der Waals surface area contributed by atoms with Crippen LogP contribution < -0.4 is 0 Å². The number of carbonyl (C=O) groups excluding carboxylic acids is 2. The van der Waals surface area contributed by atoms with Crippen LogP contribution in [0, 0.1) is 6.92 Å². The van der Waals surface area contributed by atoms with Gasteiger partial charge < -0.3 is 14.9 Å². The molecule has 0 saturated carbocycles. The summed E-state index contributed by atoms with van der Waals surface area (Å²) < 4.78 is 0. The maximum absolute atomic E-state index is 13.1. The van der Waals surface area contributed by atoms with Gasteiger partial charge in [-0.2, -0.15) is 0 Å². The van der Waals surface area contributed by atoms with Crippen LogP contribution >= 0.6 is 0 Å². The summed E-state index contributed by atoms with van der Waals surface area (Å²) in [5, 5.41) is 11.1. The summed E-state index contributed by atoms with van der Waals surface area (Å²) in [6.45, 7) is 9.86. The van der Waals surface area contributed by atoms with E-state index < -0.39 is 17.7 Å². The van der Waals surface area contributed by atoms with E-state index in [1.54, 1.807) is 17.0 Å². The second-order valence-electron chi connectivity index (χ2n) is 9.17. The van der Waals surface area contributed by atoms with Gasteiger partial charge in [0.05, 0.1) is 11.6 Å². The number of rotatable bonds is 12. The van der Waals surface area contributed by atoms with Crippen LogP contribution in [0.25, 0.3) is 5.76 Å². The van der Waals surface area contributed by atoms with Crippen LogP contribution in [0.1, 0.15) is 68.7 Å². The molecule has 0 aliphatic carbocycles. The van der Waals surface area contributed by atoms with E-state index in [2.05, 4.69) is 18.7 Å². The fourth-order valence-electron chi connectivity index (χ4n) is 4.52. The number of unbranched alkanes of at least 4 members (excludes halogenated alkanes) is 2. The number of benzene rings is 2. The van der Waals surface area contributed by atoms with Crippen molar-refractivity contribution in [2.45, 2.75) is 58.9 Å². The third-order valence-corrected chi connectivity index (χ3v) is 6.51. The van der Waals surface area contributed by atoms with Gasteiger partial charge in [-0.15, -0.1) is 0 Å². The minimum absolute atomic E-state index is 0.109. The molecule has 3 rings (SSSR count). The highest BCUT2D eigenvalue weighted by Gasteiger charge is 2.45. The molecule has 0 bridgehead atoms. The molecule has 1 unspecified atom stereocenters. The van der Waals surface area contributed by atoms with E-state index in [0.717, 1.165) is 62.9 Å². The second kappa shape index (κ2) is 12.5. The number of hydrogen-bond donors (Lipinski definition) is 1. The number of nitrogens with zero attached hydrogens (tertiary/aromatic N) is 2. The lowest BCUT2D eigenvalue weighted by Gasteiger charge is -2.27. The average molecular weight is 463 g/mol. The third kappa shape index (κ3) is 6.15. The zero-order chi connectivity index (χ0) is 24.5. The molecular formula is C29H38N2O3. The number of aliphatic hydroxyl groups is 1. The topological polar surface area (TPSA) is 60.9 Å². The Morgan fingerprint density at radius 2 is 1.47 bits per heavy atom. The van der Waals surface area contributed by atoms with Gasteiger partial charge in [0.2, 0.25) is 0 Å². The van der Waals surface area contributed by atoms with Crippen molar-refractivity contribution in [1.82, 2.24) is 9.80 Å². The van der Waals surface area contributed by atoms with Gasteiger partial charge >= 0.3 is 0 Å². The van der Waals surface area contributed by atoms with Crippen LogP contribution in [0.4, 0.5) is 0 Å². The monoisotopic (exact) mass is 462 g/mol. The zero-order valence-corrected chi connectivity index (χ0v) is 20.8. The van der Waals surface area contributed by atoms with E-state index >= 15 is 0 Å². The first-order valence-electron chi connectivity index (χ1n) is 12.6. The Labute approximate surface area is 204 Å². The lowest BCUT2D eigenvalue weighted by Crippen LogP contribution is -2.34. The molecule has 2 aromatic rings. The van der Waals surface area contributed by atoms with Crippen molar-refractivity contribution in [3.05, 3.63) is 76.9 Å². The summed E-state index contributed by atoms with van der Waals surface area (Å²) in [4.78, 5) is 30.4. The lowest BCUT2D eigenvalue weighted by molar-refractivity contribution is -0.140. The molecule has 34 heavy (non-hydrogen) atoms. The Morgan fingerprint density at radius 3 is 2.06 bits per heavy atom. The zero-order valence-electron chi connectivity index (χ0n) is 20.8. The molecule has 1 N–H and O–H groups in total. The molecule has 5 heteroatoms. The van der Waals surface area contributed by atoms with E-state index in [0.29, 0.717) is 12.1 Å². The molecular weight excluding hydrogens is 424 g/mol. The lowest BCUT2D eigenvalue weighted by atomic mass is 9.95. The van der Waals surface area contributed by atoms with Crippen LogP contribution in [0.3, 0.4) is 0 Å². The number of amides is 1. The third-order valence-electron chi connectivity index (χ3n) is 6.51. The predicted octanol–water partition coefficient (Wildman–Crippen LogP) is 5.71. The SMILES string of the molecule is CCCCN(CCCC)CCCN1C(=O)C(=O)/C(=C(\O)c2ccc(C)cc2)C1c1ccccc1. The van der Waals surface area contributed by atoms with Gasteiger partial charge in [-0.1, -0.05) is 86.8 Å². The van der Waals surface area contributed by atoms with Gasteiger partial charge in [0.1, 0.15) is 5.76 Å². The van der Waals surface area contributed by atoms with Crippen molar-refractivity contribution < 1.29 is 14.7 Å². The Bertz CT molecular complexity index is 974. The summed E-state index contributed by atoms with van der Waals surface area (Å²) in [5.74, 6) is -1.25. The van der Waals surface area contributed by atoms with Crippen LogP contribution in [0.2, 0.25) is 0 Å². The van der Waals surface area contributed by atoms with Gasteiger partial charge in [-0.3, -0.25) is 9.59 Å². The van der Waals surface area contributed by atoms with Gasteiger partial charge in [-0.05, 0) is 51.4 Å². The highest BCUT2D eigenvalue weighted by atomic mass is 16.3. The summed E-state index contributed by atoms with van der Waals surface area (Å²) in [7, 11) is 0. The van der Waals surface area contributed by atoms with Crippen molar-refractivity contribution in [3.63, 3.8) is 0 Å². The maximum Gasteiger partial charge on any atom is 0.295 e. The number of ketones is 1. The molecule has 182 valence electrons. The van der Waals surface area contributed by atoms with Gasteiger partial charge in [0.15, 0.2) is 0 Å². The van der Waals surface area contributed by atoms with Crippen molar-refractivity contribution >= 4 is 17.4 Å². The minimum atomic E-state index is -0.610. The van der Waals surface area contributed by atoms with Gasteiger partial charge in [-0.25, -0.2) is 0 Å². The van der Waals surface area contributed by atoms with E-state index in [1.165, 1.54) is 0 Å². The van der Waals surface area contributed by atoms with Crippen LogP contribution in [0.5, 0.6) is 0 Å². The Morgan fingerprint density at radius 1 is 0.882 bits per heavy atom. The highest BCUT2D eigenvalue weighted by Crippen LogP contribution is 2.39. The molecule has 1 aliphatic rings. The molecule has 1 fully saturated rings. The number of aliphatic hydroxyl groups excluding tert-OH is 1. The largest absolute Gasteiger partial charge is 0.507 e. The van der Waals surface area contributed by atoms with E-state index in [-0.39, 0.29) is 11.3 Å². The van der Waals surface area contributed by atoms with E-state index in [1.807, 2.05) is 49.4 Å². The summed E-state index contributed by atoms with van der Waals surface area (Å²) in [6, 6.07) is 16.3. The average Bonchev–Trinajstić information content (AvgIpc) is 3.11. The van der Waals surface area contributed by atoms with Crippen molar-refractivity contribution in [2.75, 3.05) is 26.2 Å². The molecule has 0 spiro atoms. The first kappa shape index (κ1) is 25.7. The van der Waals surface area contributed by atoms with Crippen LogP contribution in [0.15, 0.2) is 60.2 Å². The van der Waals surface area contributed by atoms with Crippen LogP contribution in [-0.2, 0) is 9.59 Å². The Kier molecular flexibility index (Phi) is 9.46.